The maximum Gasteiger partial charge on any atom is 0.256 e. The zero-order valence-electron chi connectivity index (χ0n) is 7.86. The summed E-state index contributed by atoms with van der Waals surface area (Å²) in [5, 5.41) is 12.9. The number of hydrogen-bond donors (Lipinski definition) is 2. The molecule has 0 spiro atoms. The Morgan fingerprint density at radius 2 is 2.00 bits per heavy atom. The Kier molecular flexibility index (Phi) is 2.25. The van der Waals surface area contributed by atoms with Crippen LogP contribution in [-0.4, -0.2) is 17.6 Å². The van der Waals surface area contributed by atoms with Crippen molar-refractivity contribution in [3.63, 3.8) is 0 Å². The number of aliphatic hydroxyl groups is 1. The van der Waals surface area contributed by atoms with Crippen molar-refractivity contribution in [1.82, 2.24) is 5.32 Å². The van der Waals surface area contributed by atoms with Gasteiger partial charge >= 0.3 is 0 Å². The van der Waals surface area contributed by atoms with E-state index >= 15 is 0 Å². The van der Waals surface area contributed by atoms with Gasteiger partial charge in [-0.05, 0) is 18.4 Å². The molecule has 1 fully saturated rings. The first-order valence-corrected chi connectivity index (χ1v) is 4.80. The maximum absolute atomic E-state index is 11.6. The van der Waals surface area contributed by atoms with Crippen molar-refractivity contribution in [1.29, 1.82) is 0 Å². The Morgan fingerprint density at radius 1 is 1.29 bits per heavy atom. The fourth-order valence-electron chi connectivity index (χ4n) is 1.80. The summed E-state index contributed by atoms with van der Waals surface area (Å²) in [6.45, 7) is 0.661. The van der Waals surface area contributed by atoms with E-state index < -0.39 is 5.60 Å². The van der Waals surface area contributed by atoms with Gasteiger partial charge in [0, 0.05) is 6.54 Å². The summed E-state index contributed by atoms with van der Waals surface area (Å²) in [6, 6.07) is 9.09. The highest BCUT2D eigenvalue weighted by Crippen LogP contribution is 2.28. The van der Waals surface area contributed by atoms with Gasteiger partial charge in [0.05, 0.1) is 0 Å². The smallest absolute Gasteiger partial charge is 0.256 e. The lowest BCUT2D eigenvalue weighted by atomic mass is 9.86. The van der Waals surface area contributed by atoms with Crippen molar-refractivity contribution < 1.29 is 9.90 Å². The number of hydrogen-bond acceptors (Lipinski definition) is 2. The largest absolute Gasteiger partial charge is 0.375 e. The second-order valence-electron chi connectivity index (χ2n) is 3.59. The summed E-state index contributed by atoms with van der Waals surface area (Å²) < 4.78 is 0. The Labute approximate surface area is 82.8 Å². The van der Waals surface area contributed by atoms with E-state index in [0.717, 1.165) is 6.42 Å². The average Bonchev–Trinajstić information content (AvgIpc) is 2.24. The monoisotopic (exact) mass is 191 g/mol. The van der Waals surface area contributed by atoms with Crippen LogP contribution in [0.5, 0.6) is 0 Å². The molecule has 14 heavy (non-hydrogen) atoms. The number of piperidine rings is 1. The number of amides is 1. The van der Waals surface area contributed by atoms with E-state index in [1.165, 1.54) is 0 Å². The van der Waals surface area contributed by atoms with Gasteiger partial charge in [-0.2, -0.15) is 0 Å². The highest BCUT2D eigenvalue weighted by atomic mass is 16.3. The van der Waals surface area contributed by atoms with Crippen LogP contribution in [0.15, 0.2) is 30.3 Å². The number of rotatable bonds is 1. The molecule has 0 aromatic heterocycles. The highest BCUT2D eigenvalue weighted by Gasteiger charge is 2.39. The van der Waals surface area contributed by atoms with Crippen molar-refractivity contribution in [2.24, 2.45) is 0 Å². The molecule has 1 saturated heterocycles. The molecule has 1 heterocycles. The Hall–Kier alpha value is -1.35. The second-order valence-corrected chi connectivity index (χ2v) is 3.59. The number of nitrogens with one attached hydrogen (secondary N) is 1. The molecule has 0 unspecified atom stereocenters. The molecule has 0 radical (unpaired) electrons. The molecule has 2 rings (SSSR count). The summed E-state index contributed by atoms with van der Waals surface area (Å²) in [4.78, 5) is 11.6. The zero-order chi connectivity index (χ0) is 10.0. The van der Waals surface area contributed by atoms with Gasteiger partial charge in [-0.15, -0.1) is 0 Å². The van der Waals surface area contributed by atoms with Gasteiger partial charge in [0.15, 0.2) is 5.60 Å². The van der Waals surface area contributed by atoms with Crippen LogP contribution in [0, 0.1) is 0 Å². The van der Waals surface area contributed by atoms with Crippen LogP contribution in [0.1, 0.15) is 18.4 Å². The van der Waals surface area contributed by atoms with Crippen LogP contribution in [0.25, 0.3) is 0 Å². The maximum atomic E-state index is 11.6. The lowest BCUT2D eigenvalue weighted by Gasteiger charge is -2.31. The van der Waals surface area contributed by atoms with Crippen LogP contribution in [0.2, 0.25) is 0 Å². The molecule has 1 aliphatic rings. The zero-order valence-corrected chi connectivity index (χ0v) is 7.86. The first-order chi connectivity index (χ1) is 6.73. The van der Waals surface area contributed by atoms with Crippen molar-refractivity contribution >= 4 is 5.91 Å². The van der Waals surface area contributed by atoms with Crippen molar-refractivity contribution in [3.05, 3.63) is 35.9 Å². The molecular weight excluding hydrogens is 178 g/mol. The fraction of sp³-hybridized carbons (Fsp3) is 0.364. The third-order valence-electron chi connectivity index (χ3n) is 2.63. The predicted octanol–water partition coefficient (Wildman–Crippen LogP) is 0.784. The lowest BCUT2D eigenvalue weighted by molar-refractivity contribution is -0.144. The molecule has 3 heteroatoms. The minimum absolute atomic E-state index is 0.282. The van der Waals surface area contributed by atoms with E-state index in [1.807, 2.05) is 18.2 Å². The second kappa shape index (κ2) is 3.42. The third kappa shape index (κ3) is 1.40. The van der Waals surface area contributed by atoms with Crippen LogP contribution in [0.3, 0.4) is 0 Å². The van der Waals surface area contributed by atoms with Gasteiger partial charge in [-0.1, -0.05) is 30.3 Å². The molecule has 74 valence electrons. The molecule has 0 bridgehead atoms. The van der Waals surface area contributed by atoms with Crippen LogP contribution < -0.4 is 5.32 Å². The third-order valence-corrected chi connectivity index (χ3v) is 2.63. The number of carbonyl (C=O) groups excluding carboxylic acids is 1. The van der Waals surface area contributed by atoms with E-state index in [4.69, 9.17) is 0 Å². The Bertz CT molecular complexity index is 336. The highest BCUT2D eigenvalue weighted by molar-refractivity contribution is 5.86. The summed E-state index contributed by atoms with van der Waals surface area (Å²) in [5.41, 5.74) is -0.642. The lowest BCUT2D eigenvalue weighted by Crippen LogP contribution is -2.48. The molecule has 1 atom stereocenters. The average molecular weight is 191 g/mol. The predicted molar refractivity (Wildman–Crippen MR) is 52.6 cm³/mol. The minimum Gasteiger partial charge on any atom is -0.375 e. The van der Waals surface area contributed by atoms with Gasteiger partial charge in [-0.25, -0.2) is 0 Å². The molecule has 1 aliphatic heterocycles. The first-order valence-electron chi connectivity index (χ1n) is 4.80. The topological polar surface area (TPSA) is 49.3 Å². The SMILES string of the molecule is O=C1NCCC[C@@]1(O)c1ccccc1. The van der Waals surface area contributed by atoms with Crippen molar-refractivity contribution in [2.45, 2.75) is 18.4 Å². The van der Waals surface area contributed by atoms with Gasteiger partial charge in [0.2, 0.25) is 0 Å². The van der Waals surface area contributed by atoms with Gasteiger partial charge in [-0.3, -0.25) is 4.79 Å². The minimum atomic E-state index is -1.32. The molecular formula is C11H13NO2. The molecule has 1 amide bonds. The van der Waals surface area contributed by atoms with Gasteiger partial charge < -0.3 is 10.4 Å². The fourth-order valence-corrected chi connectivity index (χ4v) is 1.80. The quantitative estimate of drug-likeness (QED) is 0.689. The number of carbonyl (C=O) groups is 1. The standard InChI is InChI=1S/C11H13NO2/c13-10-11(14,7-4-8-12-10)9-5-2-1-3-6-9/h1-3,5-6,14H,4,7-8H2,(H,12,13)/t11-/m1/s1. The van der Waals surface area contributed by atoms with Crippen LogP contribution in [0.4, 0.5) is 0 Å². The molecule has 0 saturated carbocycles. The van der Waals surface area contributed by atoms with E-state index in [-0.39, 0.29) is 5.91 Å². The molecule has 2 N–H and O–H groups in total. The van der Waals surface area contributed by atoms with E-state index in [1.54, 1.807) is 12.1 Å². The summed E-state index contributed by atoms with van der Waals surface area (Å²) in [6.07, 6.45) is 1.32. The van der Waals surface area contributed by atoms with Gasteiger partial charge in [0.25, 0.3) is 5.91 Å². The first kappa shape index (κ1) is 9.21. The van der Waals surface area contributed by atoms with E-state index in [0.29, 0.717) is 18.5 Å². The molecule has 0 aliphatic carbocycles. The van der Waals surface area contributed by atoms with Crippen molar-refractivity contribution in [2.75, 3.05) is 6.54 Å². The summed E-state index contributed by atoms with van der Waals surface area (Å²) >= 11 is 0. The van der Waals surface area contributed by atoms with E-state index in [2.05, 4.69) is 5.32 Å². The number of benzene rings is 1. The Balaban J connectivity index is 2.35. The summed E-state index contributed by atoms with van der Waals surface area (Å²) in [5.74, 6) is -0.282. The van der Waals surface area contributed by atoms with Crippen LogP contribution >= 0.6 is 0 Å². The van der Waals surface area contributed by atoms with Crippen molar-refractivity contribution in [3.8, 4) is 0 Å². The molecule has 1 aromatic carbocycles. The summed E-state index contributed by atoms with van der Waals surface area (Å²) in [7, 11) is 0. The normalized spacial score (nSPS) is 27.1. The molecule has 3 nitrogen and oxygen atoms in total. The van der Waals surface area contributed by atoms with Gasteiger partial charge in [0.1, 0.15) is 0 Å². The molecule has 1 aromatic rings. The Morgan fingerprint density at radius 3 is 2.64 bits per heavy atom. The van der Waals surface area contributed by atoms with E-state index in [9.17, 15) is 9.90 Å². The van der Waals surface area contributed by atoms with Crippen LogP contribution in [-0.2, 0) is 10.4 Å².